The molecule has 4 atom stereocenters. The van der Waals surface area contributed by atoms with Gasteiger partial charge in [-0.15, -0.1) is 0 Å². The second kappa shape index (κ2) is 10.3. The molecule has 1 aromatic carbocycles. The van der Waals surface area contributed by atoms with Crippen LogP contribution < -0.4 is 11.1 Å². The molecule has 33 heavy (non-hydrogen) atoms. The van der Waals surface area contributed by atoms with Crippen LogP contribution in [0.4, 0.5) is 11.8 Å². The van der Waals surface area contributed by atoms with Crippen molar-refractivity contribution < 1.29 is 20.1 Å². The first-order chi connectivity index (χ1) is 16.0. The monoisotopic (exact) mass is 454 g/mol. The first kappa shape index (κ1) is 23.1. The van der Waals surface area contributed by atoms with Crippen molar-refractivity contribution in [1.82, 2.24) is 19.5 Å². The fourth-order valence-corrected chi connectivity index (χ4v) is 3.83. The van der Waals surface area contributed by atoms with E-state index in [-0.39, 0.29) is 5.82 Å². The van der Waals surface area contributed by atoms with Gasteiger partial charge in [0.05, 0.1) is 6.61 Å². The number of unbranched alkanes of at least 4 members (excludes halogenated alkanes) is 2. The average molecular weight is 455 g/mol. The number of nitrogens with one attached hydrogen (secondary N) is 1. The molecule has 0 amide bonds. The molecule has 4 rings (SSSR count). The summed E-state index contributed by atoms with van der Waals surface area (Å²) in [6.07, 6.45) is 2.33. The minimum Gasteiger partial charge on any atom is -0.394 e. The van der Waals surface area contributed by atoms with Crippen molar-refractivity contribution in [2.75, 3.05) is 17.7 Å². The number of fused-ring (bicyclic) bond motifs is 1. The fourth-order valence-electron chi connectivity index (χ4n) is 3.83. The molecule has 0 saturated carbocycles. The highest BCUT2D eigenvalue weighted by atomic mass is 16.6. The largest absolute Gasteiger partial charge is 0.394 e. The number of hydrogen-bond acceptors (Lipinski definition) is 9. The van der Waals surface area contributed by atoms with Crippen LogP contribution in [0.3, 0.4) is 0 Å². The van der Waals surface area contributed by atoms with E-state index in [0.29, 0.717) is 29.5 Å². The van der Waals surface area contributed by atoms with Gasteiger partial charge < -0.3 is 31.1 Å². The third kappa shape index (κ3) is 4.83. The molecule has 3 aromatic rings. The molecule has 3 heterocycles. The van der Waals surface area contributed by atoms with Crippen LogP contribution in [-0.4, -0.2) is 59.8 Å². The van der Waals surface area contributed by atoms with E-state index < -0.39 is 31.1 Å². The first-order valence-electron chi connectivity index (χ1n) is 11.2. The topological polar surface area (TPSA) is 152 Å². The Kier molecular flexibility index (Phi) is 7.19. The summed E-state index contributed by atoms with van der Waals surface area (Å²) in [5, 5.41) is 33.8. The summed E-state index contributed by atoms with van der Waals surface area (Å²) in [5.74, 6) is 0.971. The summed E-state index contributed by atoms with van der Waals surface area (Å²) in [6.45, 7) is 2.14. The number of benzene rings is 1. The maximum Gasteiger partial charge on any atom is 0.207 e. The van der Waals surface area contributed by atoms with Gasteiger partial charge in [-0.2, -0.15) is 0 Å². The number of aromatic nitrogens is 4. The van der Waals surface area contributed by atoms with Gasteiger partial charge in [0.15, 0.2) is 29.0 Å². The molecule has 2 aromatic heterocycles. The van der Waals surface area contributed by atoms with E-state index in [1.54, 1.807) is 10.6 Å². The number of nitrogen functional groups attached to an aromatic ring is 1. The van der Waals surface area contributed by atoms with Crippen LogP contribution in [-0.2, 0) is 11.3 Å². The van der Waals surface area contributed by atoms with Crippen LogP contribution in [0.2, 0.25) is 0 Å². The highest BCUT2D eigenvalue weighted by molar-refractivity contribution is 5.85. The number of hydrogen-bond donors (Lipinski definition) is 5. The van der Waals surface area contributed by atoms with E-state index in [9.17, 15) is 15.3 Å². The molecule has 0 unspecified atom stereocenters. The summed E-state index contributed by atoms with van der Waals surface area (Å²) in [5.41, 5.74) is 7.95. The van der Waals surface area contributed by atoms with Gasteiger partial charge in [-0.25, -0.2) is 15.0 Å². The lowest BCUT2D eigenvalue weighted by Gasteiger charge is -2.20. The van der Waals surface area contributed by atoms with Crippen LogP contribution in [0, 0.1) is 0 Å². The Balaban J connectivity index is 1.75. The van der Waals surface area contributed by atoms with Crippen LogP contribution in [0.1, 0.15) is 43.8 Å². The Bertz CT molecular complexity index is 1100. The van der Waals surface area contributed by atoms with Gasteiger partial charge in [0.25, 0.3) is 0 Å². The Morgan fingerprint density at radius 1 is 1.15 bits per heavy atom. The summed E-state index contributed by atoms with van der Waals surface area (Å²) >= 11 is 0. The minimum atomic E-state index is -1.29. The Morgan fingerprint density at radius 2 is 1.94 bits per heavy atom. The Morgan fingerprint density at radius 3 is 2.64 bits per heavy atom. The molecule has 10 heteroatoms. The van der Waals surface area contributed by atoms with E-state index in [1.165, 1.54) is 0 Å². The highest BCUT2D eigenvalue weighted by Gasteiger charge is 2.45. The van der Waals surface area contributed by atoms with Crippen molar-refractivity contribution >= 4 is 29.0 Å². The zero-order chi connectivity index (χ0) is 23.4. The van der Waals surface area contributed by atoms with Gasteiger partial charge >= 0.3 is 0 Å². The number of aliphatic hydroxyl groups is 3. The van der Waals surface area contributed by atoms with E-state index in [2.05, 4.69) is 27.2 Å². The van der Waals surface area contributed by atoms with E-state index in [1.807, 2.05) is 36.4 Å². The standard InChI is InChI=1S/C23H30N6O4/c1-2-3-4-8-11-16-26-20(24)17-21(27-16)29(22-19(32)18(31)15(13-30)33-22)23(28-17)25-12-14-9-6-5-7-10-14/h5-11,15,18-19,22,30-32H,2-4,12-13H2,1H3,(H,25,28)(H2,24,26,27)/b11-8+/t15-,18-,19-,22-/m1/s1. The van der Waals surface area contributed by atoms with E-state index in [0.717, 1.165) is 24.8 Å². The molecule has 1 aliphatic rings. The normalized spacial score (nSPS) is 23.0. The summed E-state index contributed by atoms with van der Waals surface area (Å²) in [7, 11) is 0. The highest BCUT2D eigenvalue weighted by Crippen LogP contribution is 2.35. The van der Waals surface area contributed by atoms with Crippen molar-refractivity contribution in [3.05, 3.63) is 47.8 Å². The number of aliphatic hydroxyl groups excluding tert-OH is 3. The average Bonchev–Trinajstić information content (AvgIpc) is 3.33. The molecular formula is C23H30N6O4. The zero-order valence-corrected chi connectivity index (χ0v) is 18.5. The van der Waals surface area contributed by atoms with Gasteiger partial charge in [0.2, 0.25) is 5.95 Å². The second-order valence-electron chi connectivity index (χ2n) is 8.06. The third-order valence-corrected chi connectivity index (χ3v) is 5.64. The number of imidazole rings is 1. The lowest BCUT2D eigenvalue weighted by atomic mass is 10.1. The molecule has 6 N–H and O–H groups in total. The molecule has 10 nitrogen and oxygen atoms in total. The van der Waals surface area contributed by atoms with Gasteiger partial charge in [-0.3, -0.25) is 4.57 Å². The van der Waals surface area contributed by atoms with Crippen LogP contribution in [0.25, 0.3) is 17.2 Å². The number of nitrogens with zero attached hydrogens (tertiary/aromatic N) is 4. The number of nitrogens with two attached hydrogens (primary N) is 1. The van der Waals surface area contributed by atoms with Crippen LogP contribution >= 0.6 is 0 Å². The lowest BCUT2D eigenvalue weighted by Crippen LogP contribution is -2.33. The third-order valence-electron chi connectivity index (χ3n) is 5.64. The molecule has 1 saturated heterocycles. The van der Waals surface area contributed by atoms with Crippen LogP contribution in [0.5, 0.6) is 0 Å². The van der Waals surface area contributed by atoms with E-state index in [4.69, 9.17) is 10.5 Å². The van der Waals surface area contributed by atoms with Gasteiger partial charge in [-0.1, -0.05) is 56.2 Å². The summed E-state index contributed by atoms with van der Waals surface area (Å²) in [6, 6.07) is 9.75. The predicted octanol–water partition coefficient (Wildman–Crippen LogP) is 1.84. The molecule has 0 aliphatic carbocycles. The molecule has 0 bridgehead atoms. The fraction of sp³-hybridized carbons (Fsp3) is 0.435. The van der Waals surface area contributed by atoms with Crippen LogP contribution in [0.15, 0.2) is 36.4 Å². The van der Waals surface area contributed by atoms with Gasteiger partial charge in [0, 0.05) is 6.54 Å². The number of anilines is 2. The minimum absolute atomic E-state index is 0.198. The molecule has 0 radical (unpaired) electrons. The van der Waals surface area contributed by atoms with Crippen molar-refractivity contribution in [1.29, 1.82) is 0 Å². The second-order valence-corrected chi connectivity index (χ2v) is 8.06. The van der Waals surface area contributed by atoms with Crippen molar-refractivity contribution in [3.63, 3.8) is 0 Å². The van der Waals surface area contributed by atoms with Crippen molar-refractivity contribution in [3.8, 4) is 0 Å². The predicted molar refractivity (Wildman–Crippen MR) is 125 cm³/mol. The number of allylic oxidation sites excluding steroid dienone is 1. The molecular weight excluding hydrogens is 424 g/mol. The molecule has 0 spiro atoms. The summed E-state index contributed by atoms with van der Waals surface area (Å²) < 4.78 is 7.36. The maximum absolute atomic E-state index is 10.7. The number of rotatable bonds is 9. The van der Waals surface area contributed by atoms with Gasteiger partial charge in [-0.05, 0) is 18.1 Å². The van der Waals surface area contributed by atoms with E-state index >= 15 is 0 Å². The lowest BCUT2D eigenvalue weighted by molar-refractivity contribution is -0.0501. The summed E-state index contributed by atoms with van der Waals surface area (Å²) in [4.78, 5) is 13.5. The molecule has 176 valence electrons. The van der Waals surface area contributed by atoms with Gasteiger partial charge in [0.1, 0.15) is 18.3 Å². The van der Waals surface area contributed by atoms with Crippen molar-refractivity contribution in [2.24, 2.45) is 0 Å². The van der Waals surface area contributed by atoms with Crippen molar-refractivity contribution in [2.45, 2.75) is 57.3 Å². The first-order valence-corrected chi connectivity index (χ1v) is 11.2. The Hall–Kier alpha value is -3.05. The molecule has 1 aliphatic heterocycles. The SMILES string of the molecule is CCCC/C=C/c1nc(N)c2nc(NCc3ccccc3)n([C@@H]3O[C@H](CO)[C@@H](O)[C@H]3O)c2n1. The smallest absolute Gasteiger partial charge is 0.207 e. The number of ether oxygens (including phenoxy) is 1. The zero-order valence-electron chi connectivity index (χ0n) is 18.5. The quantitative estimate of drug-likeness (QED) is 0.305. The Labute approximate surface area is 191 Å². The maximum atomic E-state index is 10.7. The molecule has 1 fully saturated rings.